The van der Waals surface area contributed by atoms with Gasteiger partial charge in [0.25, 0.3) is 0 Å². The van der Waals surface area contributed by atoms with Crippen molar-refractivity contribution >= 4 is 21.4 Å². The van der Waals surface area contributed by atoms with Crippen LogP contribution in [0.15, 0.2) is 83.8 Å². The molecule has 0 N–H and O–H groups in total. The van der Waals surface area contributed by atoms with Crippen LogP contribution in [-0.4, -0.2) is 30.6 Å². The maximum atomic E-state index is 15.1. The zero-order valence-electron chi connectivity index (χ0n) is 19.3. The van der Waals surface area contributed by atoms with E-state index in [0.29, 0.717) is 4.68 Å². The second-order valence-electron chi connectivity index (χ2n) is 8.41. The molecule has 0 fully saturated rings. The first-order chi connectivity index (χ1) is 17.3. The van der Waals surface area contributed by atoms with Crippen LogP contribution in [0.3, 0.4) is 0 Å². The highest BCUT2D eigenvalue weighted by Gasteiger charge is 2.62. The average molecular weight is 555 g/mol. The molecule has 0 spiro atoms. The topological polar surface area (TPSA) is 52.0 Å². The Hall–Kier alpha value is -3.24. The number of aryl methyl sites for hydroxylation is 2. The molecule has 0 aliphatic heterocycles. The Morgan fingerprint density at radius 2 is 1.41 bits per heavy atom. The summed E-state index contributed by atoms with van der Waals surface area (Å²) in [6.07, 6.45) is -4.74. The van der Waals surface area contributed by atoms with Gasteiger partial charge in [-0.2, -0.15) is 27.1 Å². The number of hydrogen-bond donors (Lipinski definition) is 0. The summed E-state index contributed by atoms with van der Waals surface area (Å²) >= 11 is 5.94. The van der Waals surface area contributed by atoms with Gasteiger partial charge in [-0.25, -0.2) is 8.42 Å². The standard InChI is InChI=1S/C26H20ClF5N2O2S/c1-37(35,36)21-13-9-19(10-14-21)23-22(18-7-11-20(27)12-8-18)24(25(28,29)26(30,31)32)34(33-23)16-15-17-5-3-2-4-6-17/h2-14H,15-16H2,1H3. The Morgan fingerprint density at radius 1 is 0.838 bits per heavy atom. The van der Waals surface area contributed by atoms with Crippen molar-refractivity contribution < 1.29 is 30.4 Å². The summed E-state index contributed by atoms with van der Waals surface area (Å²) in [5, 5.41) is 4.49. The van der Waals surface area contributed by atoms with E-state index in [-0.39, 0.29) is 39.7 Å². The van der Waals surface area contributed by atoms with Crippen LogP contribution in [0.1, 0.15) is 11.3 Å². The highest BCUT2D eigenvalue weighted by atomic mass is 35.5. The zero-order valence-corrected chi connectivity index (χ0v) is 20.9. The first kappa shape index (κ1) is 26.8. The predicted octanol–water partition coefficient (Wildman–Crippen LogP) is 7.17. The van der Waals surface area contributed by atoms with Gasteiger partial charge in [0.05, 0.1) is 4.90 Å². The minimum Gasteiger partial charge on any atom is -0.261 e. The molecule has 194 valence electrons. The van der Waals surface area contributed by atoms with Crippen LogP contribution in [0.4, 0.5) is 22.0 Å². The van der Waals surface area contributed by atoms with Gasteiger partial charge < -0.3 is 0 Å². The molecule has 0 atom stereocenters. The number of rotatable bonds is 7. The molecule has 0 bridgehead atoms. The molecule has 1 aromatic heterocycles. The van der Waals surface area contributed by atoms with Gasteiger partial charge in [0.2, 0.25) is 0 Å². The second kappa shape index (κ2) is 9.90. The Morgan fingerprint density at radius 3 is 1.95 bits per heavy atom. The predicted molar refractivity (Wildman–Crippen MR) is 131 cm³/mol. The van der Waals surface area contributed by atoms with Crippen molar-refractivity contribution in [3.05, 3.63) is 95.1 Å². The van der Waals surface area contributed by atoms with Gasteiger partial charge in [0.1, 0.15) is 11.4 Å². The molecule has 4 nitrogen and oxygen atoms in total. The SMILES string of the molecule is CS(=O)(=O)c1ccc(-c2nn(CCc3ccccc3)c(C(F)(F)C(F)(F)F)c2-c2ccc(Cl)cc2)cc1. The molecule has 0 unspecified atom stereocenters. The molecule has 3 aromatic carbocycles. The average Bonchev–Trinajstić information content (AvgIpc) is 3.23. The number of halogens is 6. The van der Waals surface area contributed by atoms with E-state index in [0.717, 1.165) is 11.8 Å². The van der Waals surface area contributed by atoms with E-state index in [1.54, 1.807) is 30.3 Å². The van der Waals surface area contributed by atoms with Crippen LogP contribution in [0, 0.1) is 0 Å². The fraction of sp³-hybridized carbons (Fsp3) is 0.192. The van der Waals surface area contributed by atoms with Crippen LogP contribution in [0.5, 0.6) is 0 Å². The largest absolute Gasteiger partial charge is 0.459 e. The summed E-state index contributed by atoms with van der Waals surface area (Å²) in [5.41, 5.74) is -0.910. The number of nitrogens with zero attached hydrogens (tertiary/aromatic N) is 2. The normalized spacial score (nSPS) is 12.6. The molecule has 0 aliphatic carbocycles. The molecular formula is C26H20ClF5N2O2S. The number of benzene rings is 3. The van der Waals surface area contributed by atoms with E-state index in [4.69, 9.17) is 11.6 Å². The minimum atomic E-state index is -5.89. The van der Waals surface area contributed by atoms with Gasteiger partial charge >= 0.3 is 12.1 Å². The Kier molecular flexibility index (Phi) is 7.18. The molecule has 0 amide bonds. The van der Waals surface area contributed by atoms with Crippen LogP contribution >= 0.6 is 11.6 Å². The van der Waals surface area contributed by atoms with Gasteiger partial charge in [-0.05, 0) is 41.8 Å². The number of aromatic nitrogens is 2. The van der Waals surface area contributed by atoms with Gasteiger partial charge in [0.15, 0.2) is 9.84 Å². The first-order valence-electron chi connectivity index (χ1n) is 11.0. The molecule has 0 saturated carbocycles. The summed E-state index contributed by atoms with van der Waals surface area (Å²) in [5.74, 6) is -5.24. The third-order valence-corrected chi connectivity index (χ3v) is 7.13. The molecule has 4 rings (SSSR count). The van der Waals surface area contributed by atoms with Gasteiger partial charge in [-0.3, -0.25) is 4.68 Å². The summed E-state index contributed by atoms with van der Waals surface area (Å²) in [4.78, 5) is -0.0337. The lowest BCUT2D eigenvalue weighted by Gasteiger charge is -2.22. The molecule has 4 aromatic rings. The zero-order chi connectivity index (χ0) is 27.0. The number of sulfone groups is 1. The summed E-state index contributed by atoms with van der Waals surface area (Å²) < 4.78 is 95.9. The van der Waals surface area contributed by atoms with Crippen molar-refractivity contribution in [1.29, 1.82) is 0 Å². The molecule has 11 heteroatoms. The third-order valence-electron chi connectivity index (χ3n) is 5.75. The first-order valence-corrected chi connectivity index (χ1v) is 13.2. The fourth-order valence-corrected chi connectivity index (χ4v) is 4.67. The molecular weight excluding hydrogens is 535 g/mol. The highest BCUT2D eigenvalue weighted by molar-refractivity contribution is 7.90. The summed E-state index contributed by atoms with van der Waals surface area (Å²) in [6.45, 7) is -0.257. The molecule has 37 heavy (non-hydrogen) atoms. The summed E-state index contributed by atoms with van der Waals surface area (Å²) in [7, 11) is -3.56. The lowest BCUT2D eigenvalue weighted by molar-refractivity contribution is -0.291. The quantitative estimate of drug-likeness (QED) is 0.228. The second-order valence-corrected chi connectivity index (χ2v) is 10.9. The molecule has 0 aliphatic rings. The third kappa shape index (κ3) is 5.55. The Bertz CT molecular complexity index is 1500. The van der Waals surface area contributed by atoms with E-state index in [1.165, 1.54) is 48.5 Å². The number of hydrogen-bond acceptors (Lipinski definition) is 3. The van der Waals surface area contributed by atoms with Crippen molar-refractivity contribution in [2.24, 2.45) is 0 Å². The maximum Gasteiger partial charge on any atom is 0.459 e. The van der Waals surface area contributed by atoms with Crippen molar-refractivity contribution in [3.8, 4) is 22.4 Å². The smallest absolute Gasteiger partial charge is 0.261 e. The van der Waals surface area contributed by atoms with E-state index in [2.05, 4.69) is 5.10 Å². The van der Waals surface area contributed by atoms with E-state index < -0.39 is 33.2 Å². The Balaban J connectivity index is 1.98. The summed E-state index contributed by atoms with van der Waals surface area (Å²) in [6, 6.07) is 19.3. The van der Waals surface area contributed by atoms with Gasteiger partial charge in [-0.15, -0.1) is 0 Å². The highest BCUT2D eigenvalue weighted by Crippen LogP contribution is 2.49. The van der Waals surface area contributed by atoms with Crippen molar-refractivity contribution in [2.75, 3.05) is 6.26 Å². The van der Waals surface area contributed by atoms with Crippen LogP contribution in [-0.2, 0) is 28.7 Å². The van der Waals surface area contributed by atoms with Gasteiger partial charge in [-0.1, -0.05) is 66.2 Å². The maximum absolute atomic E-state index is 15.1. The monoisotopic (exact) mass is 554 g/mol. The molecule has 1 heterocycles. The molecule has 0 radical (unpaired) electrons. The van der Waals surface area contributed by atoms with Crippen molar-refractivity contribution in [1.82, 2.24) is 9.78 Å². The lowest BCUT2D eigenvalue weighted by Crippen LogP contribution is -2.36. The molecule has 0 saturated heterocycles. The van der Waals surface area contributed by atoms with E-state index >= 15 is 8.78 Å². The van der Waals surface area contributed by atoms with E-state index in [1.807, 2.05) is 0 Å². The van der Waals surface area contributed by atoms with Crippen LogP contribution in [0.25, 0.3) is 22.4 Å². The van der Waals surface area contributed by atoms with Crippen LogP contribution < -0.4 is 0 Å². The fourth-order valence-electron chi connectivity index (χ4n) is 3.91. The van der Waals surface area contributed by atoms with Gasteiger partial charge in [0, 0.05) is 29.0 Å². The van der Waals surface area contributed by atoms with Crippen molar-refractivity contribution in [2.45, 2.75) is 30.0 Å². The van der Waals surface area contributed by atoms with Crippen LogP contribution in [0.2, 0.25) is 5.02 Å². The Labute approximate surface area is 215 Å². The lowest BCUT2D eigenvalue weighted by atomic mass is 9.96. The number of alkyl halides is 5. The minimum absolute atomic E-state index is 0.0337. The van der Waals surface area contributed by atoms with Crippen molar-refractivity contribution in [3.63, 3.8) is 0 Å². The van der Waals surface area contributed by atoms with E-state index in [9.17, 15) is 21.6 Å².